The van der Waals surface area contributed by atoms with Gasteiger partial charge in [0.1, 0.15) is 6.33 Å². The maximum atomic E-state index is 12.9. The smallest absolute Gasteiger partial charge is 0.282 e. The van der Waals surface area contributed by atoms with Gasteiger partial charge in [0.25, 0.3) is 5.92 Å². The molecule has 70 valence electrons. The average molecular weight is 189 g/mol. The van der Waals surface area contributed by atoms with Gasteiger partial charge in [0.05, 0.1) is 19.3 Å². The Morgan fingerprint density at radius 3 is 2.62 bits per heavy atom. The van der Waals surface area contributed by atoms with E-state index in [0.717, 1.165) is 12.5 Å². The van der Waals surface area contributed by atoms with Crippen LogP contribution in [0.4, 0.5) is 19.0 Å². The zero-order valence-electron chi connectivity index (χ0n) is 6.54. The van der Waals surface area contributed by atoms with E-state index in [1.165, 1.54) is 4.90 Å². The van der Waals surface area contributed by atoms with Crippen molar-refractivity contribution in [2.75, 3.05) is 18.0 Å². The van der Waals surface area contributed by atoms with Gasteiger partial charge in [-0.15, -0.1) is 0 Å². The number of nitrogens with zero attached hydrogens (tertiary/aromatic N) is 3. The predicted molar refractivity (Wildman–Crippen MR) is 39.2 cm³/mol. The third-order valence-corrected chi connectivity index (χ3v) is 1.79. The third kappa shape index (κ3) is 1.43. The summed E-state index contributed by atoms with van der Waals surface area (Å²) in [5.74, 6) is -3.43. The van der Waals surface area contributed by atoms with Crippen LogP contribution in [0.1, 0.15) is 0 Å². The Bertz CT molecular complexity index is 321. The lowest BCUT2D eigenvalue weighted by Crippen LogP contribution is -2.57. The summed E-state index contributed by atoms with van der Waals surface area (Å²) in [5, 5.41) is 0. The first-order valence-electron chi connectivity index (χ1n) is 3.67. The molecular formula is C7H6F3N3. The van der Waals surface area contributed by atoms with E-state index in [1.54, 1.807) is 0 Å². The highest BCUT2D eigenvalue weighted by Crippen LogP contribution is 2.31. The van der Waals surface area contributed by atoms with Gasteiger partial charge in [0.15, 0.2) is 11.6 Å². The molecule has 0 amide bonds. The summed E-state index contributed by atoms with van der Waals surface area (Å²) < 4.78 is 37.7. The van der Waals surface area contributed by atoms with Crippen molar-refractivity contribution >= 4 is 5.82 Å². The fourth-order valence-corrected chi connectivity index (χ4v) is 1.20. The molecule has 1 aliphatic heterocycles. The van der Waals surface area contributed by atoms with Gasteiger partial charge in [-0.3, -0.25) is 0 Å². The molecule has 0 aromatic carbocycles. The van der Waals surface area contributed by atoms with Gasteiger partial charge >= 0.3 is 0 Å². The molecule has 1 aromatic rings. The maximum absolute atomic E-state index is 12.9. The number of halogens is 3. The van der Waals surface area contributed by atoms with Crippen molar-refractivity contribution < 1.29 is 13.2 Å². The molecule has 13 heavy (non-hydrogen) atoms. The highest BCUT2D eigenvalue weighted by atomic mass is 19.3. The van der Waals surface area contributed by atoms with Crippen molar-refractivity contribution in [2.45, 2.75) is 5.92 Å². The zero-order valence-corrected chi connectivity index (χ0v) is 6.54. The largest absolute Gasteiger partial charge is 0.342 e. The van der Waals surface area contributed by atoms with Crippen molar-refractivity contribution in [3.63, 3.8) is 0 Å². The second kappa shape index (κ2) is 2.58. The Balaban J connectivity index is 2.16. The highest BCUT2D eigenvalue weighted by Gasteiger charge is 2.45. The lowest BCUT2D eigenvalue weighted by molar-refractivity contribution is -0.0270. The van der Waals surface area contributed by atoms with Gasteiger partial charge in [-0.05, 0) is 0 Å². The SMILES string of the molecule is Fc1cncnc1N1CC(F)(F)C1. The molecule has 0 saturated carbocycles. The van der Waals surface area contributed by atoms with Gasteiger partial charge < -0.3 is 4.90 Å². The lowest BCUT2D eigenvalue weighted by atomic mass is 10.1. The van der Waals surface area contributed by atoms with Crippen molar-refractivity contribution in [1.82, 2.24) is 9.97 Å². The fourth-order valence-electron chi connectivity index (χ4n) is 1.20. The second-order valence-electron chi connectivity index (χ2n) is 2.91. The molecule has 2 rings (SSSR count). The lowest BCUT2D eigenvalue weighted by Gasteiger charge is -2.39. The molecule has 2 heterocycles. The number of anilines is 1. The maximum Gasteiger partial charge on any atom is 0.282 e. The molecule has 0 unspecified atom stereocenters. The Morgan fingerprint density at radius 1 is 1.38 bits per heavy atom. The van der Waals surface area contributed by atoms with Crippen molar-refractivity contribution in [3.05, 3.63) is 18.3 Å². The Hall–Kier alpha value is -1.33. The van der Waals surface area contributed by atoms with E-state index in [4.69, 9.17) is 0 Å². The summed E-state index contributed by atoms with van der Waals surface area (Å²) in [4.78, 5) is 8.17. The molecule has 0 aliphatic carbocycles. The van der Waals surface area contributed by atoms with Crippen LogP contribution in [0.25, 0.3) is 0 Å². The van der Waals surface area contributed by atoms with E-state index < -0.39 is 24.8 Å². The molecule has 6 heteroatoms. The first-order valence-corrected chi connectivity index (χ1v) is 3.67. The molecule has 3 nitrogen and oxygen atoms in total. The van der Waals surface area contributed by atoms with Gasteiger partial charge in [0, 0.05) is 0 Å². The topological polar surface area (TPSA) is 29.0 Å². The summed E-state index contributed by atoms with van der Waals surface area (Å²) in [6.07, 6.45) is 2.09. The molecule has 0 spiro atoms. The molecular weight excluding hydrogens is 183 g/mol. The standard InChI is InChI=1S/C7H6F3N3/c8-5-1-11-4-12-6(5)13-2-7(9,10)3-13/h1,4H,2-3H2. The van der Waals surface area contributed by atoms with Crippen LogP contribution >= 0.6 is 0 Å². The van der Waals surface area contributed by atoms with Crippen LogP contribution in [0, 0.1) is 5.82 Å². The summed E-state index contributed by atoms with van der Waals surface area (Å²) in [7, 11) is 0. The first kappa shape index (κ1) is 8.28. The van der Waals surface area contributed by atoms with E-state index in [2.05, 4.69) is 9.97 Å². The monoisotopic (exact) mass is 189 g/mol. The summed E-state index contributed by atoms with van der Waals surface area (Å²) in [6, 6.07) is 0. The van der Waals surface area contributed by atoms with Crippen molar-refractivity contribution in [2.24, 2.45) is 0 Å². The number of hydrogen-bond acceptors (Lipinski definition) is 3. The molecule has 1 aliphatic rings. The number of hydrogen-bond donors (Lipinski definition) is 0. The minimum Gasteiger partial charge on any atom is -0.342 e. The highest BCUT2D eigenvalue weighted by molar-refractivity contribution is 5.42. The quantitative estimate of drug-likeness (QED) is 0.661. The van der Waals surface area contributed by atoms with E-state index in [9.17, 15) is 13.2 Å². The van der Waals surface area contributed by atoms with E-state index in [1.807, 2.05) is 0 Å². The third-order valence-electron chi connectivity index (χ3n) is 1.79. The summed E-state index contributed by atoms with van der Waals surface area (Å²) in [6.45, 7) is -0.943. The minimum atomic E-state index is -2.71. The number of rotatable bonds is 1. The predicted octanol–water partition coefficient (Wildman–Crippen LogP) is 1.07. The van der Waals surface area contributed by atoms with Gasteiger partial charge in [-0.1, -0.05) is 0 Å². The molecule has 1 fully saturated rings. The van der Waals surface area contributed by atoms with Crippen LogP contribution in [0.3, 0.4) is 0 Å². The molecule has 1 aromatic heterocycles. The van der Waals surface area contributed by atoms with Gasteiger partial charge in [-0.25, -0.2) is 23.1 Å². The number of aromatic nitrogens is 2. The first-order chi connectivity index (χ1) is 6.08. The van der Waals surface area contributed by atoms with Crippen LogP contribution in [-0.2, 0) is 0 Å². The molecule has 0 N–H and O–H groups in total. The zero-order chi connectivity index (χ0) is 9.47. The summed E-state index contributed by atoms with van der Waals surface area (Å²) >= 11 is 0. The van der Waals surface area contributed by atoms with Crippen LogP contribution in [-0.4, -0.2) is 29.0 Å². The minimum absolute atomic E-state index is 0.0547. The van der Waals surface area contributed by atoms with Gasteiger partial charge in [-0.2, -0.15) is 0 Å². The average Bonchev–Trinajstić information content (AvgIpc) is 2.01. The Labute approximate surface area is 72.2 Å². The second-order valence-corrected chi connectivity index (χ2v) is 2.91. The molecule has 1 saturated heterocycles. The Kier molecular flexibility index (Phi) is 1.64. The fraction of sp³-hybridized carbons (Fsp3) is 0.429. The van der Waals surface area contributed by atoms with Crippen LogP contribution in [0.5, 0.6) is 0 Å². The number of alkyl halides is 2. The summed E-state index contributed by atoms with van der Waals surface area (Å²) in [5.41, 5.74) is 0. The Morgan fingerprint density at radius 2 is 2.08 bits per heavy atom. The van der Waals surface area contributed by atoms with E-state index >= 15 is 0 Å². The van der Waals surface area contributed by atoms with Crippen molar-refractivity contribution in [3.8, 4) is 0 Å². The van der Waals surface area contributed by atoms with Crippen LogP contribution < -0.4 is 4.90 Å². The molecule has 0 radical (unpaired) electrons. The van der Waals surface area contributed by atoms with Crippen LogP contribution in [0.15, 0.2) is 12.5 Å². The molecule has 0 atom stereocenters. The van der Waals surface area contributed by atoms with E-state index in [0.29, 0.717) is 0 Å². The van der Waals surface area contributed by atoms with Crippen molar-refractivity contribution in [1.29, 1.82) is 0 Å². The normalized spacial score (nSPS) is 19.8. The van der Waals surface area contributed by atoms with Crippen LogP contribution in [0.2, 0.25) is 0 Å². The van der Waals surface area contributed by atoms with Gasteiger partial charge in [0.2, 0.25) is 0 Å². The van der Waals surface area contributed by atoms with E-state index in [-0.39, 0.29) is 5.82 Å². The molecule has 0 bridgehead atoms.